The van der Waals surface area contributed by atoms with Gasteiger partial charge >= 0.3 is 0 Å². The van der Waals surface area contributed by atoms with Crippen molar-refractivity contribution in [1.29, 1.82) is 0 Å². The molecule has 2 aromatic rings. The molecule has 0 aliphatic heterocycles. The summed E-state index contributed by atoms with van der Waals surface area (Å²) in [7, 11) is 1.69. The predicted molar refractivity (Wildman–Crippen MR) is 76.4 cm³/mol. The van der Waals surface area contributed by atoms with Crippen LogP contribution in [0.1, 0.15) is 30.7 Å². The summed E-state index contributed by atoms with van der Waals surface area (Å²) in [5, 5.41) is 3.46. The number of rotatable bonds is 7. The van der Waals surface area contributed by atoms with Crippen LogP contribution in [0.3, 0.4) is 0 Å². The van der Waals surface area contributed by atoms with Crippen molar-refractivity contribution in [2.24, 2.45) is 0 Å². The lowest BCUT2D eigenvalue weighted by molar-refractivity contribution is 0.401. The summed E-state index contributed by atoms with van der Waals surface area (Å²) >= 11 is 0. The van der Waals surface area contributed by atoms with Crippen LogP contribution in [0.2, 0.25) is 0 Å². The molecular formula is C16H21NO2. The molecule has 0 fully saturated rings. The van der Waals surface area contributed by atoms with Crippen LogP contribution in [0, 0.1) is 0 Å². The van der Waals surface area contributed by atoms with E-state index in [2.05, 4.69) is 24.4 Å². The Morgan fingerprint density at radius 3 is 2.58 bits per heavy atom. The van der Waals surface area contributed by atoms with E-state index < -0.39 is 0 Å². The lowest BCUT2D eigenvalue weighted by Crippen LogP contribution is -2.21. The van der Waals surface area contributed by atoms with Crippen molar-refractivity contribution in [1.82, 2.24) is 5.32 Å². The Hall–Kier alpha value is -1.74. The van der Waals surface area contributed by atoms with Crippen LogP contribution in [0.15, 0.2) is 47.1 Å². The van der Waals surface area contributed by atoms with E-state index in [9.17, 15) is 0 Å². The first-order chi connectivity index (χ1) is 9.33. The van der Waals surface area contributed by atoms with E-state index in [0.29, 0.717) is 0 Å². The van der Waals surface area contributed by atoms with Gasteiger partial charge in [-0.3, -0.25) is 0 Å². The first-order valence-electron chi connectivity index (χ1n) is 6.73. The van der Waals surface area contributed by atoms with Crippen LogP contribution in [-0.2, 0) is 6.42 Å². The van der Waals surface area contributed by atoms with E-state index in [1.54, 1.807) is 13.4 Å². The Kier molecular flexibility index (Phi) is 5.04. The molecule has 3 heteroatoms. The molecular weight excluding hydrogens is 238 g/mol. The molecule has 0 saturated carbocycles. The summed E-state index contributed by atoms with van der Waals surface area (Å²) < 4.78 is 10.7. The van der Waals surface area contributed by atoms with Gasteiger partial charge in [0.1, 0.15) is 11.5 Å². The molecule has 1 unspecified atom stereocenters. The summed E-state index contributed by atoms with van der Waals surface area (Å²) in [5.41, 5.74) is 1.32. The van der Waals surface area contributed by atoms with Gasteiger partial charge in [-0.25, -0.2) is 0 Å². The smallest absolute Gasteiger partial charge is 0.120 e. The second-order valence-corrected chi connectivity index (χ2v) is 4.51. The monoisotopic (exact) mass is 259 g/mol. The number of nitrogens with one attached hydrogen (secondary N) is 1. The molecule has 19 heavy (non-hydrogen) atoms. The number of benzene rings is 1. The third-order valence-electron chi connectivity index (χ3n) is 3.22. The van der Waals surface area contributed by atoms with Gasteiger partial charge in [-0.1, -0.05) is 19.1 Å². The number of ether oxygens (including phenoxy) is 1. The molecule has 0 radical (unpaired) electrons. The van der Waals surface area contributed by atoms with E-state index in [1.165, 1.54) is 5.56 Å². The van der Waals surface area contributed by atoms with E-state index in [4.69, 9.17) is 9.15 Å². The van der Waals surface area contributed by atoms with Crippen molar-refractivity contribution < 1.29 is 9.15 Å². The SMILES string of the molecule is CCNC(CCc1ccc(OC)cc1)c1ccco1. The van der Waals surface area contributed by atoms with Crippen LogP contribution in [0.4, 0.5) is 0 Å². The van der Waals surface area contributed by atoms with Crippen LogP contribution < -0.4 is 10.1 Å². The molecule has 1 aromatic carbocycles. The number of aryl methyl sites for hydroxylation is 1. The highest BCUT2D eigenvalue weighted by Gasteiger charge is 2.12. The van der Waals surface area contributed by atoms with Gasteiger partial charge in [0, 0.05) is 0 Å². The van der Waals surface area contributed by atoms with Crippen LogP contribution in [-0.4, -0.2) is 13.7 Å². The van der Waals surface area contributed by atoms with Crippen LogP contribution >= 0.6 is 0 Å². The average molecular weight is 259 g/mol. The first-order valence-corrected chi connectivity index (χ1v) is 6.73. The molecule has 0 saturated heterocycles. The first kappa shape index (κ1) is 13.7. The predicted octanol–water partition coefficient (Wildman–Crippen LogP) is 3.57. The number of hydrogen-bond acceptors (Lipinski definition) is 3. The van der Waals surface area contributed by atoms with E-state index in [0.717, 1.165) is 30.9 Å². The Morgan fingerprint density at radius 2 is 2.00 bits per heavy atom. The zero-order chi connectivity index (χ0) is 13.5. The van der Waals surface area contributed by atoms with Gasteiger partial charge in [0.2, 0.25) is 0 Å². The van der Waals surface area contributed by atoms with Crippen molar-refractivity contribution >= 4 is 0 Å². The zero-order valence-corrected chi connectivity index (χ0v) is 11.6. The fraction of sp³-hybridized carbons (Fsp3) is 0.375. The maximum Gasteiger partial charge on any atom is 0.120 e. The van der Waals surface area contributed by atoms with Crippen molar-refractivity contribution in [3.8, 4) is 5.75 Å². The molecule has 0 amide bonds. The zero-order valence-electron chi connectivity index (χ0n) is 11.6. The summed E-state index contributed by atoms with van der Waals surface area (Å²) in [6.45, 7) is 3.05. The van der Waals surface area contributed by atoms with Crippen molar-refractivity contribution in [2.75, 3.05) is 13.7 Å². The van der Waals surface area contributed by atoms with Gasteiger partial charge in [-0.15, -0.1) is 0 Å². The summed E-state index contributed by atoms with van der Waals surface area (Å²) in [6, 6.07) is 12.5. The van der Waals surface area contributed by atoms with Crippen LogP contribution in [0.25, 0.3) is 0 Å². The molecule has 1 atom stereocenters. The van der Waals surface area contributed by atoms with Crippen LogP contribution in [0.5, 0.6) is 5.75 Å². The summed E-state index contributed by atoms with van der Waals surface area (Å²) in [4.78, 5) is 0. The number of hydrogen-bond donors (Lipinski definition) is 1. The molecule has 1 heterocycles. The highest BCUT2D eigenvalue weighted by atomic mass is 16.5. The van der Waals surface area contributed by atoms with Gasteiger partial charge in [0.25, 0.3) is 0 Å². The lowest BCUT2D eigenvalue weighted by Gasteiger charge is -2.15. The van der Waals surface area contributed by atoms with E-state index in [-0.39, 0.29) is 6.04 Å². The maximum absolute atomic E-state index is 5.49. The average Bonchev–Trinajstić information content (AvgIpc) is 2.98. The second-order valence-electron chi connectivity index (χ2n) is 4.51. The molecule has 1 N–H and O–H groups in total. The molecule has 102 valence electrons. The molecule has 1 aromatic heterocycles. The molecule has 3 nitrogen and oxygen atoms in total. The normalized spacial score (nSPS) is 12.3. The van der Waals surface area contributed by atoms with Gasteiger partial charge < -0.3 is 14.5 Å². The fourth-order valence-corrected chi connectivity index (χ4v) is 2.18. The summed E-state index contributed by atoms with van der Waals surface area (Å²) in [5.74, 6) is 1.91. The molecule has 0 spiro atoms. The van der Waals surface area contributed by atoms with E-state index >= 15 is 0 Å². The minimum Gasteiger partial charge on any atom is -0.497 e. The minimum absolute atomic E-state index is 0.280. The van der Waals surface area contributed by atoms with Gasteiger partial charge in [-0.05, 0) is 49.2 Å². The topological polar surface area (TPSA) is 34.4 Å². The largest absolute Gasteiger partial charge is 0.497 e. The molecule has 0 aliphatic carbocycles. The Morgan fingerprint density at radius 1 is 1.21 bits per heavy atom. The summed E-state index contributed by atoms with van der Waals surface area (Å²) in [6.07, 6.45) is 3.77. The quantitative estimate of drug-likeness (QED) is 0.825. The van der Waals surface area contributed by atoms with Crippen molar-refractivity contribution in [2.45, 2.75) is 25.8 Å². The van der Waals surface area contributed by atoms with E-state index in [1.807, 2.05) is 24.3 Å². The standard InChI is InChI=1S/C16H21NO2/c1-3-17-15(16-5-4-12-19-16)11-8-13-6-9-14(18-2)10-7-13/h4-7,9-10,12,15,17H,3,8,11H2,1-2H3. The van der Waals surface area contributed by atoms with Crippen molar-refractivity contribution in [3.05, 3.63) is 54.0 Å². The fourth-order valence-electron chi connectivity index (χ4n) is 2.18. The molecule has 2 rings (SSSR count). The van der Waals surface area contributed by atoms with Gasteiger partial charge in [0.05, 0.1) is 19.4 Å². The number of methoxy groups -OCH3 is 1. The minimum atomic E-state index is 0.280. The Balaban J connectivity index is 1.94. The highest BCUT2D eigenvalue weighted by molar-refractivity contribution is 5.27. The van der Waals surface area contributed by atoms with Gasteiger partial charge in [0.15, 0.2) is 0 Å². The Bertz CT molecular complexity index is 462. The Labute approximate surface area is 114 Å². The van der Waals surface area contributed by atoms with Crippen molar-refractivity contribution in [3.63, 3.8) is 0 Å². The van der Waals surface area contributed by atoms with Gasteiger partial charge in [-0.2, -0.15) is 0 Å². The molecule has 0 aliphatic rings. The number of furan rings is 1. The highest BCUT2D eigenvalue weighted by Crippen LogP contribution is 2.20. The lowest BCUT2D eigenvalue weighted by atomic mass is 10.0. The maximum atomic E-state index is 5.49. The third-order valence-corrected chi connectivity index (χ3v) is 3.22. The molecule has 0 bridgehead atoms. The second kappa shape index (κ2) is 7.00. The third kappa shape index (κ3) is 3.86.